The van der Waals surface area contributed by atoms with Gasteiger partial charge >= 0.3 is 12.0 Å². The molecule has 0 heterocycles. The predicted octanol–water partition coefficient (Wildman–Crippen LogP) is 3.58. The van der Waals surface area contributed by atoms with Crippen LogP contribution in [-0.2, 0) is 9.53 Å². The lowest BCUT2D eigenvalue weighted by atomic mass is 10.2. The zero-order valence-electron chi connectivity index (χ0n) is 10.9. The number of hydrogen-bond acceptors (Lipinski definition) is 3. The first-order chi connectivity index (χ1) is 9.27. The van der Waals surface area contributed by atoms with Crippen LogP contribution >= 0.6 is 11.8 Å². The third-order valence-corrected chi connectivity index (χ3v) is 3.29. The number of benzene rings is 1. The number of hydrogen-bond donors (Lipinski definition) is 0. The van der Waals surface area contributed by atoms with Gasteiger partial charge in [0, 0.05) is 10.6 Å². The maximum Gasteiger partial charge on any atom is 0.390 e. The van der Waals surface area contributed by atoms with Crippen molar-refractivity contribution in [3.05, 3.63) is 53.9 Å². The van der Waals surface area contributed by atoms with Crippen LogP contribution in [0, 0.1) is 6.57 Å². The van der Waals surface area contributed by atoms with Gasteiger partial charge in [-0.25, -0.2) is 11.4 Å². The van der Waals surface area contributed by atoms with Crippen LogP contribution in [-0.4, -0.2) is 24.4 Å². The molecule has 4 heteroatoms. The molecule has 0 aromatic heterocycles. The fourth-order valence-corrected chi connectivity index (χ4v) is 2.17. The Bertz CT molecular complexity index is 451. The number of rotatable bonds is 7. The largest absolute Gasteiger partial charge is 0.460 e. The molecule has 0 N–H and O–H groups in total. The van der Waals surface area contributed by atoms with E-state index in [2.05, 4.69) is 17.0 Å². The molecule has 0 saturated heterocycles. The molecule has 1 atom stereocenters. The zero-order valence-corrected chi connectivity index (χ0v) is 11.7. The molecule has 100 valence electrons. The van der Waals surface area contributed by atoms with Crippen molar-refractivity contribution in [3.8, 4) is 0 Å². The van der Waals surface area contributed by atoms with Gasteiger partial charge in [-0.2, -0.15) is 0 Å². The van der Waals surface area contributed by atoms with Gasteiger partial charge in [0.1, 0.15) is 0 Å². The normalized spacial score (nSPS) is 12.0. The lowest BCUT2D eigenvalue weighted by Gasteiger charge is -2.02. The maximum absolute atomic E-state index is 11.4. The fraction of sp³-hybridized carbons (Fsp3) is 0.333. The van der Waals surface area contributed by atoms with Crippen LogP contribution in [0.15, 0.2) is 47.4 Å². The van der Waals surface area contributed by atoms with Crippen molar-refractivity contribution in [2.24, 2.45) is 0 Å². The van der Waals surface area contributed by atoms with E-state index in [1.165, 1.54) is 4.90 Å². The lowest BCUT2D eigenvalue weighted by Crippen LogP contribution is -2.19. The monoisotopic (exact) mass is 275 g/mol. The molecule has 0 amide bonds. The van der Waals surface area contributed by atoms with Crippen LogP contribution in [0.3, 0.4) is 0 Å². The van der Waals surface area contributed by atoms with Crippen molar-refractivity contribution in [1.29, 1.82) is 0 Å². The van der Waals surface area contributed by atoms with Gasteiger partial charge in [0.2, 0.25) is 0 Å². The second kappa shape index (κ2) is 9.23. The molecule has 0 radical (unpaired) electrons. The Morgan fingerprint density at radius 3 is 2.79 bits per heavy atom. The molecule has 0 aliphatic rings. The minimum absolute atomic E-state index is 0.318. The number of carbonyl (C=O) groups excluding carboxylic acids is 1. The van der Waals surface area contributed by atoms with Crippen molar-refractivity contribution in [2.45, 2.75) is 24.3 Å². The number of nitrogens with zero attached hydrogens (tertiary/aromatic N) is 1. The minimum atomic E-state index is -0.710. The van der Waals surface area contributed by atoms with Crippen molar-refractivity contribution >= 4 is 17.7 Å². The third kappa shape index (κ3) is 6.12. The van der Waals surface area contributed by atoms with E-state index >= 15 is 0 Å². The number of ether oxygens (including phenoxy) is 1. The number of esters is 1. The molecule has 0 aliphatic heterocycles. The van der Waals surface area contributed by atoms with E-state index in [-0.39, 0.29) is 0 Å². The van der Waals surface area contributed by atoms with Gasteiger partial charge in [-0.05, 0) is 19.1 Å². The molecule has 1 aromatic rings. The summed E-state index contributed by atoms with van der Waals surface area (Å²) in [7, 11) is 0. The predicted molar refractivity (Wildman–Crippen MR) is 77.9 cm³/mol. The summed E-state index contributed by atoms with van der Waals surface area (Å²) in [5.74, 6) is 0.398. The second-order valence-electron chi connectivity index (χ2n) is 3.73. The van der Waals surface area contributed by atoms with Crippen LogP contribution in [0.2, 0.25) is 0 Å². The van der Waals surface area contributed by atoms with Crippen LogP contribution in [0.5, 0.6) is 0 Å². The summed E-state index contributed by atoms with van der Waals surface area (Å²) in [5, 5.41) is 0. The summed E-state index contributed by atoms with van der Waals surface area (Å²) in [6.45, 7) is 9.03. The SMILES string of the molecule is [C-]#[N+]C(C/C=C/CSc1ccccc1)C(=O)OCC. The van der Waals surface area contributed by atoms with Crippen LogP contribution in [0.1, 0.15) is 13.3 Å². The maximum atomic E-state index is 11.4. The fourth-order valence-electron chi connectivity index (χ4n) is 1.39. The summed E-state index contributed by atoms with van der Waals surface area (Å²) in [5.41, 5.74) is 0. The van der Waals surface area contributed by atoms with E-state index in [4.69, 9.17) is 11.3 Å². The van der Waals surface area contributed by atoms with Crippen molar-refractivity contribution in [1.82, 2.24) is 0 Å². The van der Waals surface area contributed by atoms with E-state index in [9.17, 15) is 4.79 Å². The molecule has 0 spiro atoms. The van der Waals surface area contributed by atoms with E-state index in [0.29, 0.717) is 13.0 Å². The highest BCUT2D eigenvalue weighted by Crippen LogP contribution is 2.16. The number of carbonyl (C=O) groups is 1. The highest BCUT2D eigenvalue weighted by Gasteiger charge is 2.22. The first-order valence-corrected chi connectivity index (χ1v) is 7.12. The first kappa shape index (κ1) is 15.3. The van der Waals surface area contributed by atoms with Gasteiger partial charge in [0.25, 0.3) is 0 Å². The molecule has 0 bridgehead atoms. The standard InChI is InChI=1S/C15H17NO2S/c1-3-18-15(17)14(16-2)11-7-8-12-19-13-9-5-4-6-10-13/h4-10,14H,3,11-12H2,1H3/b8-7+. The van der Waals surface area contributed by atoms with Gasteiger partial charge in [-0.3, -0.25) is 0 Å². The van der Waals surface area contributed by atoms with E-state index < -0.39 is 12.0 Å². The molecule has 1 rings (SSSR count). The Kier molecular flexibility index (Phi) is 7.45. The first-order valence-electron chi connectivity index (χ1n) is 6.14. The molecule has 3 nitrogen and oxygen atoms in total. The van der Waals surface area contributed by atoms with E-state index in [0.717, 1.165) is 5.75 Å². The molecular formula is C15H17NO2S. The van der Waals surface area contributed by atoms with Gasteiger partial charge in [0.05, 0.1) is 13.0 Å². The van der Waals surface area contributed by atoms with Crippen LogP contribution in [0.25, 0.3) is 4.85 Å². The highest BCUT2D eigenvalue weighted by molar-refractivity contribution is 7.99. The summed E-state index contributed by atoms with van der Waals surface area (Å²) < 4.78 is 4.83. The van der Waals surface area contributed by atoms with E-state index in [1.807, 2.05) is 30.4 Å². The number of thioether (sulfide) groups is 1. The van der Waals surface area contributed by atoms with Crippen LogP contribution < -0.4 is 0 Å². The van der Waals surface area contributed by atoms with Crippen LogP contribution in [0.4, 0.5) is 0 Å². The Labute approximate surface area is 118 Å². The molecule has 1 aromatic carbocycles. The summed E-state index contributed by atoms with van der Waals surface area (Å²) in [6.07, 6.45) is 4.27. The Morgan fingerprint density at radius 2 is 2.16 bits per heavy atom. The second-order valence-corrected chi connectivity index (χ2v) is 4.82. The summed E-state index contributed by atoms with van der Waals surface area (Å²) in [4.78, 5) is 15.9. The average molecular weight is 275 g/mol. The summed E-state index contributed by atoms with van der Waals surface area (Å²) >= 11 is 1.72. The van der Waals surface area contributed by atoms with E-state index in [1.54, 1.807) is 18.7 Å². The van der Waals surface area contributed by atoms with Gasteiger partial charge in [-0.1, -0.05) is 30.4 Å². The molecule has 0 aliphatic carbocycles. The molecule has 1 unspecified atom stereocenters. The average Bonchev–Trinajstić information content (AvgIpc) is 2.44. The van der Waals surface area contributed by atoms with Crippen molar-refractivity contribution < 1.29 is 9.53 Å². The Balaban J connectivity index is 2.29. The topological polar surface area (TPSA) is 30.7 Å². The summed E-state index contributed by atoms with van der Waals surface area (Å²) in [6, 6.07) is 9.39. The molecular weight excluding hydrogens is 258 g/mol. The van der Waals surface area contributed by atoms with Gasteiger partial charge in [-0.15, -0.1) is 11.8 Å². The van der Waals surface area contributed by atoms with Gasteiger partial charge < -0.3 is 9.58 Å². The van der Waals surface area contributed by atoms with Gasteiger partial charge in [0.15, 0.2) is 0 Å². The minimum Gasteiger partial charge on any atom is -0.460 e. The third-order valence-electron chi connectivity index (χ3n) is 2.33. The molecule has 19 heavy (non-hydrogen) atoms. The smallest absolute Gasteiger partial charge is 0.390 e. The Morgan fingerprint density at radius 1 is 1.42 bits per heavy atom. The lowest BCUT2D eigenvalue weighted by molar-refractivity contribution is -0.143. The zero-order chi connectivity index (χ0) is 13.9. The highest BCUT2D eigenvalue weighted by atomic mass is 32.2. The van der Waals surface area contributed by atoms with Crippen molar-refractivity contribution in [2.75, 3.05) is 12.4 Å². The quantitative estimate of drug-likeness (QED) is 0.330. The molecule has 0 saturated carbocycles. The Hall–Kier alpha value is -1.73. The molecule has 0 fully saturated rings. The van der Waals surface area contributed by atoms with Crippen molar-refractivity contribution in [3.63, 3.8) is 0 Å².